The molecule has 2 aromatic carbocycles. The summed E-state index contributed by atoms with van der Waals surface area (Å²) in [6.07, 6.45) is 4.48. The van der Waals surface area contributed by atoms with Crippen LogP contribution < -0.4 is 24.8 Å². The van der Waals surface area contributed by atoms with Gasteiger partial charge in [-0.05, 0) is 59.9 Å². The number of ether oxygens (including phenoxy) is 3. The number of guanidine groups is 1. The Bertz CT molecular complexity index is 1120. The van der Waals surface area contributed by atoms with E-state index in [2.05, 4.69) is 46.6 Å². The smallest absolute Gasteiger partial charge is 0.258 e. The molecule has 1 aromatic heterocycles. The Balaban J connectivity index is 1.87. The number of amides is 1. The molecule has 2 N–H and O–H groups in total. The van der Waals surface area contributed by atoms with Crippen LogP contribution in [0.15, 0.2) is 65.9 Å². The summed E-state index contributed by atoms with van der Waals surface area (Å²) in [6, 6.07) is 15.1. The monoisotopic (exact) mass is 476 g/mol. The lowest BCUT2D eigenvalue weighted by Gasteiger charge is -2.16. The first-order chi connectivity index (χ1) is 17.0. The van der Waals surface area contributed by atoms with Crippen molar-refractivity contribution in [1.82, 2.24) is 10.3 Å². The van der Waals surface area contributed by atoms with Gasteiger partial charge in [-0.1, -0.05) is 26.0 Å². The van der Waals surface area contributed by atoms with Gasteiger partial charge in [-0.25, -0.2) is 4.99 Å². The minimum absolute atomic E-state index is 0.317. The average Bonchev–Trinajstić information content (AvgIpc) is 2.91. The van der Waals surface area contributed by atoms with Crippen LogP contribution in [0.2, 0.25) is 0 Å². The molecule has 0 saturated carbocycles. The molecule has 0 spiro atoms. The van der Waals surface area contributed by atoms with E-state index in [0.717, 1.165) is 17.7 Å². The van der Waals surface area contributed by atoms with E-state index in [0.29, 0.717) is 41.2 Å². The fourth-order valence-corrected chi connectivity index (χ4v) is 3.43. The van der Waals surface area contributed by atoms with Gasteiger partial charge in [-0.15, -0.1) is 0 Å². The van der Waals surface area contributed by atoms with E-state index in [4.69, 9.17) is 14.2 Å². The Labute approximate surface area is 206 Å². The minimum Gasteiger partial charge on any atom is -0.493 e. The zero-order chi connectivity index (χ0) is 25.2. The highest BCUT2D eigenvalue weighted by atomic mass is 16.5. The van der Waals surface area contributed by atoms with E-state index in [1.165, 1.54) is 26.9 Å². The van der Waals surface area contributed by atoms with Crippen molar-refractivity contribution in [3.05, 3.63) is 77.6 Å². The van der Waals surface area contributed by atoms with Crippen molar-refractivity contribution in [2.24, 2.45) is 4.99 Å². The summed E-state index contributed by atoms with van der Waals surface area (Å²) in [6.45, 7) is 4.73. The number of carbonyl (C=O) groups is 1. The summed E-state index contributed by atoms with van der Waals surface area (Å²) in [5, 5.41) is 6.10. The van der Waals surface area contributed by atoms with Gasteiger partial charge in [0.05, 0.1) is 27.9 Å². The highest BCUT2D eigenvalue weighted by Gasteiger charge is 2.18. The number of anilines is 1. The van der Waals surface area contributed by atoms with E-state index in [-0.39, 0.29) is 5.91 Å². The Morgan fingerprint density at radius 2 is 1.60 bits per heavy atom. The van der Waals surface area contributed by atoms with Gasteiger partial charge in [0.25, 0.3) is 5.91 Å². The van der Waals surface area contributed by atoms with Crippen LogP contribution in [-0.4, -0.2) is 38.2 Å². The zero-order valence-electron chi connectivity index (χ0n) is 20.8. The maximum atomic E-state index is 13.2. The molecule has 0 unspecified atom stereocenters. The molecule has 35 heavy (non-hydrogen) atoms. The Kier molecular flexibility index (Phi) is 9.06. The number of aromatic nitrogens is 1. The summed E-state index contributed by atoms with van der Waals surface area (Å²) < 4.78 is 16.1. The van der Waals surface area contributed by atoms with Crippen LogP contribution in [0.25, 0.3) is 0 Å². The summed E-state index contributed by atoms with van der Waals surface area (Å²) in [5.74, 6) is 1.61. The van der Waals surface area contributed by atoms with Crippen molar-refractivity contribution in [1.29, 1.82) is 0 Å². The maximum Gasteiger partial charge on any atom is 0.258 e. The van der Waals surface area contributed by atoms with Gasteiger partial charge >= 0.3 is 0 Å². The number of rotatable bonds is 9. The lowest BCUT2D eigenvalue weighted by molar-refractivity contribution is 0.0976. The lowest BCUT2D eigenvalue weighted by atomic mass is 9.99. The number of hydrogen-bond acceptors (Lipinski definition) is 6. The van der Waals surface area contributed by atoms with Crippen LogP contribution >= 0.6 is 0 Å². The number of pyridine rings is 1. The predicted octanol–water partition coefficient (Wildman–Crippen LogP) is 5.02. The number of benzene rings is 2. The van der Waals surface area contributed by atoms with E-state index in [9.17, 15) is 4.79 Å². The molecule has 0 aliphatic heterocycles. The molecule has 1 heterocycles. The molecule has 1 amide bonds. The second kappa shape index (κ2) is 12.4. The summed E-state index contributed by atoms with van der Waals surface area (Å²) in [4.78, 5) is 21.8. The first-order valence-electron chi connectivity index (χ1n) is 11.4. The molecule has 0 aliphatic rings. The van der Waals surface area contributed by atoms with Crippen LogP contribution in [0.5, 0.6) is 17.2 Å². The second-order valence-electron chi connectivity index (χ2n) is 7.94. The van der Waals surface area contributed by atoms with Gasteiger partial charge in [-0.3, -0.25) is 15.1 Å². The van der Waals surface area contributed by atoms with Crippen molar-refractivity contribution < 1.29 is 19.0 Å². The zero-order valence-corrected chi connectivity index (χ0v) is 20.8. The van der Waals surface area contributed by atoms with Crippen molar-refractivity contribution >= 4 is 17.6 Å². The van der Waals surface area contributed by atoms with E-state index in [1.54, 1.807) is 24.5 Å². The van der Waals surface area contributed by atoms with Gasteiger partial charge in [0.2, 0.25) is 11.7 Å². The van der Waals surface area contributed by atoms with Crippen LogP contribution in [0.3, 0.4) is 0 Å². The summed E-state index contributed by atoms with van der Waals surface area (Å²) >= 11 is 0. The first-order valence-corrected chi connectivity index (χ1v) is 11.4. The van der Waals surface area contributed by atoms with Crippen LogP contribution in [-0.2, 0) is 6.54 Å². The fraction of sp³-hybridized carbons (Fsp3) is 0.296. The molecular weight excluding hydrogens is 444 g/mol. The largest absolute Gasteiger partial charge is 0.493 e. The lowest BCUT2D eigenvalue weighted by Crippen LogP contribution is -2.36. The van der Waals surface area contributed by atoms with Crippen molar-refractivity contribution in [3.8, 4) is 17.2 Å². The molecule has 3 aromatic rings. The topological polar surface area (TPSA) is 94.1 Å². The highest BCUT2D eigenvalue weighted by molar-refractivity contribution is 6.10. The highest BCUT2D eigenvalue weighted by Crippen LogP contribution is 2.38. The molecule has 184 valence electrons. The Hall–Kier alpha value is -4.07. The third-order valence-electron chi connectivity index (χ3n) is 5.68. The fourth-order valence-electron chi connectivity index (χ4n) is 3.43. The van der Waals surface area contributed by atoms with Gasteiger partial charge in [0.1, 0.15) is 0 Å². The van der Waals surface area contributed by atoms with Gasteiger partial charge < -0.3 is 19.5 Å². The van der Waals surface area contributed by atoms with Crippen LogP contribution in [0, 0.1) is 0 Å². The van der Waals surface area contributed by atoms with Gasteiger partial charge in [0.15, 0.2) is 11.5 Å². The SMILES string of the molecule is CC[C@@H](C)c1ccc(NC(=NCc2ccncc2)NC(=O)c2cc(OC)c(OC)c(OC)c2)cc1. The van der Waals surface area contributed by atoms with E-state index < -0.39 is 0 Å². The third-order valence-corrected chi connectivity index (χ3v) is 5.68. The average molecular weight is 477 g/mol. The molecule has 0 radical (unpaired) electrons. The van der Waals surface area contributed by atoms with Gasteiger partial charge in [0, 0.05) is 23.6 Å². The number of carbonyl (C=O) groups excluding carboxylic acids is 1. The number of hydrogen-bond donors (Lipinski definition) is 2. The number of nitrogens with zero attached hydrogens (tertiary/aromatic N) is 2. The van der Waals surface area contributed by atoms with Crippen molar-refractivity contribution in [2.75, 3.05) is 26.6 Å². The first kappa shape index (κ1) is 25.6. The number of nitrogens with one attached hydrogen (secondary N) is 2. The summed E-state index contributed by atoms with van der Waals surface area (Å²) in [7, 11) is 4.52. The standard InChI is InChI=1S/C27H32N4O4/c1-6-18(2)20-7-9-22(10-8-20)30-27(29-17-19-11-13-28-14-12-19)31-26(32)21-15-23(33-3)25(35-5)24(16-21)34-4/h7-16,18H,6,17H2,1-5H3,(H2,29,30,31,32)/t18-/m1/s1. The van der Waals surface area contributed by atoms with Crippen molar-refractivity contribution in [3.63, 3.8) is 0 Å². The van der Waals surface area contributed by atoms with E-state index >= 15 is 0 Å². The van der Waals surface area contributed by atoms with Crippen LogP contribution in [0.4, 0.5) is 5.69 Å². The Morgan fingerprint density at radius 3 is 2.14 bits per heavy atom. The quantitative estimate of drug-likeness (QED) is 0.333. The van der Waals surface area contributed by atoms with Crippen molar-refractivity contribution in [2.45, 2.75) is 32.7 Å². The van der Waals surface area contributed by atoms with Gasteiger partial charge in [-0.2, -0.15) is 0 Å². The molecule has 0 saturated heterocycles. The summed E-state index contributed by atoms with van der Waals surface area (Å²) in [5.41, 5.74) is 3.38. The maximum absolute atomic E-state index is 13.2. The predicted molar refractivity (Wildman–Crippen MR) is 138 cm³/mol. The molecule has 3 rings (SSSR count). The molecule has 0 bridgehead atoms. The molecule has 8 nitrogen and oxygen atoms in total. The normalized spacial score (nSPS) is 12.0. The number of methoxy groups -OCH3 is 3. The van der Waals surface area contributed by atoms with Crippen LogP contribution in [0.1, 0.15) is 47.7 Å². The van der Waals surface area contributed by atoms with E-state index in [1.807, 2.05) is 24.3 Å². The molecule has 0 fully saturated rings. The molecule has 8 heteroatoms. The number of aliphatic imine (C=N–C) groups is 1. The second-order valence-corrected chi connectivity index (χ2v) is 7.94. The molecular formula is C27H32N4O4. The Morgan fingerprint density at radius 1 is 0.971 bits per heavy atom. The minimum atomic E-state index is -0.374. The molecule has 0 aliphatic carbocycles. The third kappa shape index (κ3) is 6.72. The molecule has 1 atom stereocenters.